The van der Waals surface area contributed by atoms with E-state index in [1.807, 2.05) is 0 Å². The Kier molecular flexibility index (Phi) is 4.06. The predicted molar refractivity (Wildman–Crippen MR) is 30.0 cm³/mol. The van der Waals surface area contributed by atoms with E-state index < -0.39 is 0 Å². The van der Waals surface area contributed by atoms with Crippen LogP contribution in [0.25, 0.3) is 0 Å². The number of hydrogen-bond donors (Lipinski definition) is 0. The van der Waals surface area contributed by atoms with Crippen molar-refractivity contribution in [2.45, 2.75) is 25.5 Å². The minimum absolute atomic E-state index is 0.898. The van der Waals surface area contributed by atoms with Gasteiger partial charge < -0.3 is 0 Å². The summed E-state index contributed by atoms with van der Waals surface area (Å²) in [4.78, 5) is 0. The summed E-state index contributed by atoms with van der Waals surface area (Å²) in [6, 6.07) is 0. The van der Waals surface area contributed by atoms with Crippen LogP contribution in [0.4, 0.5) is 0 Å². The summed E-state index contributed by atoms with van der Waals surface area (Å²) < 4.78 is 0. The van der Waals surface area contributed by atoms with E-state index in [9.17, 15) is 0 Å². The molecule has 0 spiro atoms. The molecule has 0 bridgehead atoms. The van der Waals surface area contributed by atoms with Gasteiger partial charge in [0.15, 0.2) is 0 Å². The van der Waals surface area contributed by atoms with Gasteiger partial charge in [-0.15, -0.1) is 0 Å². The zero-order valence-electron chi connectivity index (χ0n) is 4.49. The van der Waals surface area contributed by atoms with Gasteiger partial charge in [0.1, 0.15) is 0 Å². The summed E-state index contributed by atoms with van der Waals surface area (Å²) >= 11 is 2.22. The van der Waals surface area contributed by atoms with Crippen LogP contribution in [0.15, 0.2) is 0 Å². The second-order valence-electron chi connectivity index (χ2n) is 1.93. The van der Waals surface area contributed by atoms with Crippen LogP contribution in [-0.2, 0) is 0 Å². The quantitative estimate of drug-likeness (QED) is 0.516. The van der Waals surface area contributed by atoms with E-state index in [0.29, 0.717) is 0 Å². The molecule has 0 rings (SSSR count). The molecule has 0 nitrogen and oxygen atoms in total. The Bertz CT molecular complexity index is 25.1. The van der Waals surface area contributed by atoms with Crippen molar-refractivity contribution in [1.29, 1.82) is 0 Å². The van der Waals surface area contributed by atoms with E-state index in [-0.39, 0.29) is 0 Å². The molecule has 6 heavy (non-hydrogen) atoms. The molecule has 0 aliphatic rings. The van der Waals surface area contributed by atoms with E-state index in [1.165, 1.54) is 11.7 Å². The summed E-state index contributed by atoms with van der Waals surface area (Å²) in [7, 11) is 0. The average molecular weight is 144 g/mol. The van der Waals surface area contributed by atoms with Crippen LogP contribution in [0, 0.1) is 5.92 Å². The fourth-order valence-electron chi connectivity index (χ4n) is 0.289. The Hall–Kier alpha value is 0.543. The van der Waals surface area contributed by atoms with Gasteiger partial charge in [-0.2, -0.15) is 0 Å². The third-order valence-electron chi connectivity index (χ3n) is 0.722. The van der Waals surface area contributed by atoms with Crippen molar-refractivity contribution in [1.82, 2.24) is 0 Å². The Labute approximate surface area is 48.5 Å². The first-order chi connectivity index (χ1) is 2.77. The minimum atomic E-state index is 0.898. The fraction of sp³-hybridized carbons (Fsp3) is 1.00. The molecule has 0 aromatic rings. The van der Waals surface area contributed by atoms with Crippen LogP contribution in [-0.4, -0.2) is 16.5 Å². The Morgan fingerprint density at radius 2 is 2.00 bits per heavy atom. The fourth-order valence-corrected chi connectivity index (χ4v) is 1.50. The van der Waals surface area contributed by atoms with Crippen molar-refractivity contribution in [3.63, 3.8) is 0 Å². The molecule has 3 radical (unpaired) electrons. The number of hydrogen-bond acceptors (Lipinski definition) is 0. The standard InChI is InChI=1S/C5H11Ge/c1-5(2)3-4-6/h5H,3-4H2,1-2H3. The van der Waals surface area contributed by atoms with Crippen LogP contribution in [0.1, 0.15) is 20.3 Å². The molecule has 0 saturated carbocycles. The first kappa shape index (κ1) is 6.54. The van der Waals surface area contributed by atoms with Gasteiger partial charge in [0, 0.05) is 0 Å². The van der Waals surface area contributed by atoms with Crippen LogP contribution in [0.2, 0.25) is 5.25 Å². The van der Waals surface area contributed by atoms with Gasteiger partial charge >= 0.3 is 48.0 Å². The zero-order valence-corrected chi connectivity index (χ0v) is 6.59. The topological polar surface area (TPSA) is 0 Å². The van der Waals surface area contributed by atoms with E-state index in [1.54, 1.807) is 0 Å². The summed E-state index contributed by atoms with van der Waals surface area (Å²) in [5, 5.41) is 1.33. The first-order valence-corrected chi connectivity index (χ1v) is 3.90. The van der Waals surface area contributed by atoms with Gasteiger partial charge in [-0.3, -0.25) is 0 Å². The van der Waals surface area contributed by atoms with Crippen LogP contribution in [0.3, 0.4) is 0 Å². The summed E-state index contributed by atoms with van der Waals surface area (Å²) in [6.45, 7) is 4.51. The molecule has 0 aliphatic carbocycles. The van der Waals surface area contributed by atoms with Crippen molar-refractivity contribution < 1.29 is 0 Å². The van der Waals surface area contributed by atoms with Crippen molar-refractivity contribution in [2.75, 3.05) is 0 Å². The summed E-state index contributed by atoms with van der Waals surface area (Å²) in [5.41, 5.74) is 0. The van der Waals surface area contributed by atoms with E-state index >= 15 is 0 Å². The molecule has 0 fully saturated rings. The van der Waals surface area contributed by atoms with Gasteiger partial charge in [0.2, 0.25) is 0 Å². The van der Waals surface area contributed by atoms with Crippen LogP contribution in [0.5, 0.6) is 0 Å². The van der Waals surface area contributed by atoms with Gasteiger partial charge in [-0.05, 0) is 0 Å². The Balaban J connectivity index is 2.63. The summed E-state index contributed by atoms with van der Waals surface area (Å²) in [6.07, 6.45) is 1.38. The predicted octanol–water partition coefficient (Wildman–Crippen LogP) is 1.62. The van der Waals surface area contributed by atoms with Gasteiger partial charge in [-0.1, -0.05) is 0 Å². The SMILES string of the molecule is CC(C)C[CH2][Ge]. The molecule has 0 unspecified atom stereocenters. The van der Waals surface area contributed by atoms with Crippen molar-refractivity contribution in [3.05, 3.63) is 0 Å². The average Bonchev–Trinajstić information content (AvgIpc) is 1.35. The Morgan fingerprint density at radius 3 is 2.00 bits per heavy atom. The molecule has 0 atom stereocenters. The van der Waals surface area contributed by atoms with E-state index in [0.717, 1.165) is 5.92 Å². The molecule has 0 aromatic heterocycles. The van der Waals surface area contributed by atoms with Crippen molar-refractivity contribution in [3.8, 4) is 0 Å². The summed E-state index contributed by atoms with van der Waals surface area (Å²) in [5.74, 6) is 0.898. The van der Waals surface area contributed by atoms with Crippen molar-refractivity contribution >= 4 is 16.5 Å². The van der Waals surface area contributed by atoms with E-state index in [2.05, 4.69) is 30.4 Å². The van der Waals surface area contributed by atoms with E-state index in [4.69, 9.17) is 0 Å². The van der Waals surface area contributed by atoms with Crippen molar-refractivity contribution in [2.24, 2.45) is 5.92 Å². The molecule has 0 heterocycles. The molecular formula is C5H11Ge. The molecule has 0 aromatic carbocycles. The normalized spacial score (nSPS) is 10.0. The van der Waals surface area contributed by atoms with Gasteiger partial charge in [0.25, 0.3) is 0 Å². The molecule has 0 aliphatic heterocycles. The Morgan fingerprint density at radius 1 is 1.50 bits per heavy atom. The second kappa shape index (κ2) is 3.72. The maximum atomic E-state index is 2.25. The molecular weight excluding hydrogens is 133 g/mol. The van der Waals surface area contributed by atoms with Crippen LogP contribution >= 0.6 is 0 Å². The van der Waals surface area contributed by atoms with Gasteiger partial charge in [0.05, 0.1) is 0 Å². The molecule has 0 N–H and O–H groups in total. The monoisotopic (exact) mass is 145 g/mol. The second-order valence-corrected chi connectivity index (χ2v) is 2.98. The molecule has 0 amide bonds. The third kappa shape index (κ3) is 4.54. The third-order valence-corrected chi connectivity index (χ3v) is 1.33. The molecule has 35 valence electrons. The number of rotatable bonds is 2. The zero-order chi connectivity index (χ0) is 4.99. The maximum absolute atomic E-state index is 2.25. The van der Waals surface area contributed by atoms with Gasteiger partial charge in [-0.25, -0.2) is 0 Å². The first-order valence-electron chi connectivity index (χ1n) is 2.42. The molecule has 0 saturated heterocycles. The molecule has 1 heteroatoms. The van der Waals surface area contributed by atoms with Crippen LogP contribution < -0.4 is 0 Å².